The van der Waals surface area contributed by atoms with Crippen molar-refractivity contribution >= 4 is 17.6 Å². The predicted molar refractivity (Wildman–Crippen MR) is 118 cm³/mol. The van der Waals surface area contributed by atoms with Gasteiger partial charge in [-0.15, -0.1) is 0 Å². The van der Waals surface area contributed by atoms with Crippen molar-refractivity contribution in [2.45, 2.75) is 32.5 Å². The number of carbonyl (C=O) groups excluding carboxylic acids is 1. The summed E-state index contributed by atoms with van der Waals surface area (Å²) in [6.07, 6.45) is 0.213. The second-order valence-corrected chi connectivity index (χ2v) is 8.00. The van der Waals surface area contributed by atoms with Gasteiger partial charge < -0.3 is 20.4 Å². The number of rotatable bonds is 5. The molecular weight excluding hydrogens is 430 g/mol. The van der Waals surface area contributed by atoms with Crippen molar-refractivity contribution < 1.29 is 28.6 Å². The lowest BCUT2D eigenvalue weighted by atomic mass is 9.93. The van der Waals surface area contributed by atoms with E-state index in [-0.39, 0.29) is 30.6 Å². The van der Waals surface area contributed by atoms with Gasteiger partial charge in [-0.1, -0.05) is 30.3 Å². The molecule has 1 amide bonds. The molecule has 3 aromatic rings. The smallest absolute Gasteiger partial charge is 0.326 e. The number of carboxylic acid groups (broad SMARTS) is 1. The van der Waals surface area contributed by atoms with Crippen LogP contribution in [-0.2, 0) is 24.3 Å². The molecule has 0 unspecified atom stereocenters. The topological polar surface area (TPSA) is 89.9 Å². The minimum Gasteiger partial charge on any atom is -0.505 e. The lowest BCUT2D eigenvalue weighted by Gasteiger charge is -2.34. The Kier molecular flexibility index (Phi) is 6.00. The molecule has 0 bridgehead atoms. The van der Waals surface area contributed by atoms with Crippen LogP contribution in [0, 0.1) is 18.6 Å². The number of carbonyl (C=O) groups is 2. The van der Waals surface area contributed by atoms with E-state index in [1.54, 1.807) is 19.1 Å². The van der Waals surface area contributed by atoms with Gasteiger partial charge in [0, 0.05) is 36.3 Å². The van der Waals surface area contributed by atoms with Crippen molar-refractivity contribution in [1.82, 2.24) is 4.90 Å². The van der Waals surface area contributed by atoms with Crippen LogP contribution in [0.1, 0.15) is 32.6 Å². The first kappa shape index (κ1) is 22.3. The van der Waals surface area contributed by atoms with E-state index in [0.29, 0.717) is 5.69 Å². The number of nitrogens with one attached hydrogen (secondary N) is 1. The van der Waals surface area contributed by atoms with Crippen LogP contribution in [0.25, 0.3) is 0 Å². The van der Waals surface area contributed by atoms with E-state index in [4.69, 9.17) is 0 Å². The molecule has 0 radical (unpaired) electrons. The highest BCUT2D eigenvalue weighted by Crippen LogP contribution is 2.28. The molecule has 0 aromatic heterocycles. The molecule has 1 aliphatic heterocycles. The van der Waals surface area contributed by atoms with E-state index in [9.17, 15) is 28.6 Å². The zero-order chi connectivity index (χ0) is 23.7. The molecule has 3 aromatic carbocycles. The highest BCUT2D eigenvalue weighted by Gasteiger charge is 2.35. The Balaban J connectivity index is 1.60. The van der Waals surface area contributed by atoms with Crippen molar-refractivity contribution in [3.63, 3.8) is 0 Å². The predicted octanol–water partition coefficient (Wildman–Crippen LogP) is 4.24. The number of phenols is 1. The number of anilines is 1. The van der Waals surface area contributed by atoms with Crippen LogP contribution < -0.4 is 5.32 Å². The average molecular weight is 452 g/mol. The summed E-state index contributed by atoms with van der Waals surface area (Å²) in [7, 11) is 0. The zero-order valence-corrected chi connectivity index (χ0v) is 17.8. The number of carboxylic acids is 1. The number of aryl methyl sites for hydroxylation is 1. The largest absolute Gasteiger partial charge is 0.505 e. The van der Waals surface area contributed by atoms with Crippen molar-refractivity contribution in [1.29, 1.82) is 0 Å². The zero-order valence-electron chi connectivity index (χ0n) is 17.8. The van der Waals surface area contributed by atoms with Crippen LogP contribution in [-0.4, -0.2) is 33.0 Å². The molecule has 0 aliphatic carbocycles. The molecule has 170 valence electrons. The van der Waals surface area contributed by atoms with Gasteiger partial charge in [-0.05, 0) is 47.9 Å². The highest BCUT2D eigenvalue weighted by atomic mass is 19.1. The normalized spacial score (nSPS) is 15.1. The van der Waals surface area contributed by atoms with Crippen LogP contribution in [0.4, 0.5) is 14.5 Å². The number of nitrogens with zero attached hydrogens (tertiary/aromatic N) is 1. The first-order valence-corrected chi connectivity index (χ1v) is 10.4. The Hall–Kier alpha value is -3.94. The first-order chi connectivity index (χ1) is 15.8. The van der Waals surface area contributed by atoms with Gasteiger partial charge in [0.05, 0.1) is 0 Å². The van der Waals surface area contributed by atoms with Gasteiger partial charge in [-0.3, -0.25) is 4.79 Å². The Morgan fingerprint density at radius 2 is 1.82 bits per heavy atom. The van der Waals surface area contributed by atoms with Gasteiger partial charge in [-0.25, -0.2) is 13.6 Å². The number of benzene rings is 3. The molecule has 0 spiro atoms. The quantitative estimate of drug-likeness (QED) is 0.539. The standard InChI is InChI=1S/C25H22F2N2O4/c1-14-6-7-16(10-20(14)28-12-18-19(26)8-9-22(30)23(18)27)24(31)29-13-17-5-3-2-4-15(17)11-21(29)25(32)33/h2-10,21,28,30H,11-13H2,1H3,(H,32,33)/t21-/m0/s1. The SMILES string of the molecule is Cc1ccc(C(=O)N2Cc3ccccc3C[C@H]2C(=O)O)cc1NCc1c(F)ccc(O)c1F. The monoisotopic (exact) mass is 452 g/mol. The van der Waals surface area contributed by atoms with E-state index >= 15 is 0 Å². The van der Waals surface area contributed by atoms with Gasteiger partial charge in [-0.2, -0.15) is 0 Å². The van der Waals surface area contributed by atoms with Crippen LogP contribution >= 0.6 is 0 Å². The van der Waals surface area contributed by atoms with E-state index in [2.05, 4.69) is 5.32 Å². The number of amides is 1. The second-order valence-electron chi connectivity index (χ2n) is 8.00. The number of hydrogen-bond donors (Lipinski definition) is 3. The average Bonchev–Trinajstić information content (AvgIpc) is 2.81. The minimum atomic E-state index is -1.09. The maximum absolute atomic E-state index is 14.1. The van der Waals surface area contributed by atoms with Crippen molar-refractivity contribution in [3.05, 3.63) is 94.0 Å². The molecule has 33 heavy (non-hydrogen) atoms. The van der Waals surface area contributed by atoms with E-state index in [1.807, 2.05) is 24.3 Å². The summed E-state index contributed by atoms with van der Waals surface area (Å²) in [6.45, 7) is 1.69. The highest BCUT2D eigenvalue weighted by molar-refractivity contribution is 5.98. The summed E-state index contributed by atoms with van der Waals surface area (Å²) >= 11 is 0. The van der Waals surface area contributed by atoms with Crippen LogP contribution in [0.15, 0.2) is 54.6 Å². The third-order valence-corrected chi connectivity index (χ3v) is 5.90. The lowest BCUT2D eigenvalue weighted by Crippen LogP contribution is -2.48. The maximum Gasteiger partial charge on any atom is 0.326 e. The summed E-state index contributed by atoms with van der Waals surface area (Å²) in [4.78, 5) is 26.5. The first-order valence-electron chi connectivity index (χ1n) is 10.4. The molecule has 8 heteroatoms. The van der Waals surface area contributed by atoms with Crippen molar-refractivity contribution in [3.8, 4) is 5.75 Å². The van der Waals surface area contributed by atoms with Gasteiger partial charge in [0.25, 0.3) is 5.91 Å². The maximum atomic E-state index is 14.1. The minimum absolute atomic E-state index is 0.169. The second kappa shape index (κ2) is 8.90. The van der Waals surface area contributed by atoms with Crippen molar-refractivity contribution in [2.24, 2.45) is 0 Å². The Morgan fingerprint density at radius 3 is 2.55 bits per heavy atom. The molecule has 3 N–H and O–H groups in total. The van der Waals surface area contributed by atoms with Gasteiger partial charge in [0.2, 0.25) is 0 Å². The van der Waals surface area contributed by atoms with Gasteiger partial charge in [0.15, 0.2) is 11.6 Å². The van der Waals surface area contributed by atoms with Crippen LogP contribution in [0.5, 0.6) is 5.75 Å². The fourth-order valence-electron chi connectivity index (χ4n) is 4.00. The van der Waals surface area contributed by atoms with Crippen molar-refractivity contribution in [2.75, 3.05) is 5.32 Å². The molecule has 0 saturated carbocycles. The molecule has 1 atom stereocenters. The van der Waals surface area contributed by atoms with E-state index in [1.165, 1.54) is 11.0 Å². The Morgan fingerprint density at radius 1 is 1.09 bits per heavy atom. The molecule has 4 rings (SSSR count). The van der Waals surface area contributed by atoms with Gasteiger partial charge >= 0.3 is 5.97 Å². The number of aromatic hydroxyl groups is 1. The summed E-state index contributed by atoms with van der Waals surface area (Å²) in [5.74, 6) is -4.05. The Labute approximate surface area is 189 Å². The van der Waals surface area contributed by atoms with E-state index in [0.717, 1.165) is 28.8 Å². The molecular formula is C25H22F2N2O4. The van der Waals surface area contributed by atoms with Crippen LogP contribution in [0.2, 0.25) is 0 Å². The third-order valence-electron chi connectivity index (χ3n) is 5.90. The van der Waals surface area contributed by atoms with Crippen LogP contribution in [0.3, 0.4) is 0 Å². The number of halogens is 2. The van der Waals surface area contributed by atoms with Gasteiger partial charge in [0.1, 0.15) is 11.9 Å². The summed E-state index contributed by atoms with van der Waals surface area (Å²) < 4.78 is 28.1. The molecule has 0 saturated heterocycles. The fourth-order valence-corrected chi connectivity index (χ4v) is 4.00. The number of phenolic OH excluding ortho intramolecular Hbond substituents is 1. The summed E-state index contributed by atoms with van der Waals surface area (Å²) in [6, 6.07) is 13.1. The molecule has 1 aliphatic rings. The number of fused-ring (bicyclic) bond motifs is 1. The fraction of sp³-hybridized carbons (Fsp3) is 0.200. The Bertz CT molecular complexity index is 1250. The lowest BCUT2D eigenvalue weighted by molar-refractivity contribution is -0.142. The summed E-state index contributed by atoms with van der Waals surface area (Å²) in [5, 5.41) is 22.1. The molecule has 6 nitrogen and oxygen atoms in total. The third kappa shape index (κ3) is 4.37. The summed E-state index contributed by atoms with van der Waals surface area (Å²) in [5.41, 5.74) is 2.91. The number of aliphatic carboxylic acids is 1. The van der Waals surface area contributed by atoms with E-state index < -0.39 is 35.3 Å². The molecule has 1 heterocycles. The number of hydrogen-bond acceptors (Lipinski definition) is 4. The molecule has 0 fully saturated rings.